The first-order valence-electron chi connectivity index (χ1n) is 6.43. The van der Waals surface area contributed by atoms with Crippen molar-refractivity contribution >= 4 is 11.9 Å². The fraction of sp³-hybridized carbons (Fsp3) is 0.267. The summed E-state index contributed by atoms with van der Waals surface area (Å²) in [7, 11) is 0. The van der Waals surface area contributed by atoms with Gasteiger partial charge in [0.1, 0.15) is 5.60 Å². The Labute approximate surface area is 122 Å². The second-order valence-corrected chi connectivity index (χ2v) is 5.49. The number of rotatable bonds is 2. The highest BCUT2D eigenvalue weighted by Crippen LogP contribution is 2.21. The largest absolute Gasteiger partial charge is 0.444 e. The van der Waals surface area contributed by atoms with E-state index in [9.17, 15) is 4.79 Å². The average molecular weight is 284 g/mol. The predicted molar refractivity (Wildman–Crippen MR) is 78.6 cm³/mol. The van der Waals surface area contributed by atoms with Gasteiger partial charge in [-0.3, -0.25) is 10.4 Å². The fourth-order valence-corrected chi connectivity index (χ4v) is 1.70. The molecule has 1 heterocycles. The normalized spacial score (nSPS) is 10.8. The maximum absolute atomic E-state index is 11.6. The van der Waals surface area contributed by atoms with Crippen LogP contribution in [-0.2, 0) is 4.74 Å². The van der Waals surface area contributed by atoms with Crippen LogP contribution in [0.2, 0.25) is 0 Å². The molecule has 1 aromatic carbocycles. The smallest absolute Gasteiger partial charge is 0.413 e. The Kier molecular flexibility index (Phi) is 3.94. The van der Waals surface area contributed by atoms with Gasteiger partial charge in [-0.05, 0) is 32.9 Å². The Morgan fingerprint density at radius 3 is 2.81 bits per heavy atom. The Hall–Kier alpha value is -2.81. The topological polar surface area (TPSA) is 90.8 Å². The minimum Gasteiger partial charge on any atom is -0.444 e. The highest BCUT2D eigenvalue weighted by atomic mass is 16.6. The molecule has 0 unspecified atom stereocenters. The number of nitriles is 1. The monoisotopic (exact) mass is 284 g/mol. The maximum Gasteiger partial charge on any atom is 0.413 e. The van der Waals surface area contributed by atoms with Crippen LogP contribution in [0.3, 0.4) is 0 Å². The zero-order valence-corrected chi connectivity index (χ0v) is 12.1. The minimum absolute atomic E-state index is 0.363. The van der Waals surface area contributed by atoms with Crippen LogP contribution in [0.5, 0.6) is 0 Å². The molecule has 0 spiro atoms. The van der Waals surface area contributed by atoms with E-state index in [0.29, 0.717) is 17.1 Å². The van der Waals surface area contributed by atoms with E-state index in [1.807, 2.05) is 6.07 Å². The first kappa shape index (κ1) is 14.6. The first-order valence-corrected chi connectivity index (χ1v) is 6.43. The van der Waals surface area contributed by atoms with Gasteiger partial charge in [0, 0.05) is 11.6 Å². The summed E-state index contributed by atoms with van der Waals surface area (Å²) in [5, 5.41) is 18.3. The molecule has 0 aliphatic rings. The van der Waals surface area contributed by atoms with Gasteiger partial charge in [0.15, 0.2) is 5.82 Å². The third-order valence-electron chi connectivity index (χ3n) is 2.51. The van der Waals surface area contributed by atoms with Crippen LogP contribution in [-0.4, -0.2) is 21.9 Å². The van der Waals surface area contributed by atoms with E-state index >= 15 is 0 Å². The lowest BCUT2D eigenvalue weighted by Gasteiger charge is -2.18. The van der Waals surface area contributed by atoms with Crippen LogP contribution in [0.1, 0.15) is 26.3 Å². The van der Waals surface area contributed by atoms with E-state index in [-0.39, 0.29) is 0 Å². The van der Waals surface area contributed by atoms with Crippen LogP contribution in [0, 0.1) is 11.3 Å². The first-order chi connectivity index (χ1) is 9.87. The predicted octanol–water partition coefficient (Wildman–Crippen LogP) is 3.30. The Morgan fingerprint density at radius 2 is 2.14 bits per heavy atom. The standard InChI is InChI=1S/C15H16N4O2/c1-15(2,3)21-14(20)17-13-8-12(18-19-13)11-6-4-5-10(7-11)9-16/h4-8H,1-3H3,(H2,17,18,19,20). The van der Waals surface area contributed by atoms with E-state index < -0.39 is 11.7 Å². The third-order valence-corrected chi connectivity index (χ3v) is 2.51. The summed E-state index contributed by atoms with van der Waals surface area (Å²) in [4.78, 5) is 11.6. The molecule has 2 N–H and O–H groups in total. The number of hydrogen-bond acceptors (Lipinski definition) is 4. The van der Waals surface area contributed by atoms with Crippen molar-refractivity contribution in [2.45, 2.75) is 26.4 Å². The third kappa shape index (κ3) is 4.08. The Balaban J connectivity index is 2.11. The van der Waals surface area contributed by atoms with E-state index in [4.69, 9.17) is 10.00 Å². The quantitative estimate of drug-likeness (QED) is 0.885. The molecule has 108 valence electrons. The van der Waals surface area contributed by atoms with Gasteiger partial charge in [0.2, 0.25) is 0 Å². The molecule has 0 saturated carbocycles. The number of aromatic amines is 1. The Bertz CT molecular complexity index is 692. The molecular weight excluding hydrogens is 268 g/mol. The Morgan fingerprint density at radius 1 is 1.38 bits per heavy atom. The molecule has 0 bridgehead atoms. The van der Waals surface area contributed by atoms with Gasteiger partial charge in [-0.2, -0.15) is 10.4 Å². The number of carbonyl (C=O) groups is 1. The molecule has 1 amide bonds. The van der Waals surface area contributed by atoms with Gasteiger partial charge >= 0.3 is 6.09 Å². The van der Waals surface area contributed by atoms with Crippen LogP contribution < -0.4 is 5.32 Å². The summed E-state index contributed by atoms with van der Waals surface area (Å²) in [6, 6.07) is 10.9. The molecule has 0 fully saturated rings. The van der Waals surface area contributed by atoms with Crippen LogP contribution in [0.4, 0.5) is 10.6 Å². The number of nitrogens with zero attached hydrogens (tertiary/aromatic N) is 2. The molecule has 6 nitrogen and oxygen atoms in total. The van der Waals surface area contributed by atoms with Crippen molar-refractivity contribution in [2.24, 2.45) is 0 Å². The van der Waals surface area contributed by atoms with Crippen molar-refractivity contribution in [3.63, 3.8) is 0 Å². The zero-order chi connectivity index (χ0) is 15.5. The van der Waals surface area contributed by atoms with E-state index in [1.165, 1.54) is 0 Å². The fourth-order valence-electron chi connectivity index (χ4n) is 1.70. The number of aromatic nitrogens is 2. The second kappa shape index (κ2) is 5.67. The van der Waals surface area contributed by atoms with Gasteiger partial charge in [0.25, 0.3) is 0 Å². The lowest BCUT2D eigenvalue weighted by molar-refractivity contribution is 0.0635. The van der Waals surface area contributed by atoms with Gasteiger partial charge in [-0.1, -0.05) is 12.1 Å². The average Bonchev–Trinajstić information content (AvgIpc) is 2.85. The van der Waals surface area contributed by atoms with Crippen LogP contribution >= 0.6 is 0 Å². The highest BCUT2D eigenvalue weighted by molar-refractivity contribution is 5.84. The van der Waals surface area contributed by atoms with E-state index in [2.05, 4.69) is 21.6 Å². The van der Waals surface area contributed by atoms with Gasteiger partial charge in [-0.25, -0.2) is 4.79 Å². The summed E-state index contributed by atoms with van der Waals surface area (Å²) < 4.78 is 5.15. The van der Waals surface area contributed by atoms with Gasteiger partial charge in [0.05, 0.1) is 17.3 Å². The number of amides is 1. The molecule has 0 saturated heterocycles. The lowest BCUT2D eigenvalue weighted by atomic mass is 10.1. The van der Waals surface area contributed by atoms with Gasteiger partial charge in [-0.15, -0.1) is 0 Å². The SMILES string of the molecule is CC(C)(C)OC(=O)Nc1cc(-c2cccc(C#N)c2)[nH]n1. The number of nitrogens with one attached hydrogen (secondary N) is 2. The maximum atomic E-state index is 11.6. The number of H-pyrrole nitrogens is 1. The molecule has 6 heteroatoms. The molecule has 0 atom stereocenters. The summed E-state index contributed by atoms with van der Waals surface area (Å²) in [5.74, 6) is 0.363. The summed E-state index contributed by atoms with van der Waals surface area (Å²) in [6.45, 7) is 5.36. The van der Waals surface area contributed by atoms with Crippen molar-refractivity contribution in [3.05, 3.63) is 35.9 Å². The number of ether oxygens (including phenoxy) is 1. The summed E-state index contributed by atoms with van der Waals surface area (Å²) in [5.41, 5.74) is 1.52. The molecule has 0 radical (unpaired) electrons. The zero-order valence-electron chi connectivity index (χ0n) is 12.1. The lowest BCUT2D eigenvalue weighted by Crippen LogP contribution is -2.27. The molecule has 21 heavy (non-hydrogen) atoms. The van der Waals surface area contributed by atoms with Crippen molar-refractivity contribution in [2.75, 3.05) is 5.32 Å². The number of carbonyl (C=O) groups excluding carboxylic acids is 1. The van der Waals surface area contributed by atoms with Crippen molar-refractivity contribution in [1.29, 1.82) is 5.26 Å². The van der Waals surface area contributed by atoms with Crippen molar-refractivity contribution < 1.29 is 9.53 Å². The second-order valence-electron chi connectivity index (χ2n) is 5.49. The summed E-state index contributed by atoms with van der Waals surface area (Å²) in [6.07, 6.45) is -0.564. The number of anilines is 1. The molecule has 2 aromatic rings. The van der Waals surface area contributed by atoms with Crippen LogP contribution in [0.25, 0.3) is 11.3 Å². The van der Waals surface area contributed by atoms with Crippen molar-refractivity contribution in [3.8, 4) is 17.3 Å². The summed E-state index contributed by atoms with van der Waals surface area (Å²) >= 11 is 0. The molecular formula is C15H16N4O2. The minimum atomic E-state index is -0.565. The number of benzene rings is 1. The van der Waals surface area contributed by atoms with E-state index in [0.717, 1.165) is 5.56 Å². The molecule has 0 aliphatic carbocycles. The number of hydrogen-bond donors (Lipinski definition) is 2. The molecule has 2 rings (SSSR count). The highest BCUT2D eigenvalue weighted by Gasteiger charge is 2.17. The van der Waals surface area contributed by atoms with Crippen molar-refractivity contribution in [1.82, 2.24) is 10.2 Å². The molecule has 0 aliphatic heterocycles. The molecule has 1 aromatic heterocycles. The van der Waals surface area contributed by atoms with E-state index in [1.54, 1.807) is 45.0 Å². The van der Waals surface area contributed by atoms with Crippen LogP contribution in [0.15, 0.2) is 30.3 Å². The van der Waals surface area contributed by atoms with Gasteiger partial charge < -0.3 is 4.74 Å².